The summed E-state index contributed by atoms with van der Waals surface area (Å²) in [6.07, 6.45) is 1.61. The maximum atomic E-state index is 12.0. The lowest BCUT2D eigenvalue weighted by atomic mass is 10.1. The summed E-state index contributed by atoms with van der Waals surface area (Å²) in [5, 5.41) is 8.70. The molecular weight excluding hydrogens is 232 g/mol. The molecule has 0 saturated carbocycles. The summed E-state index contributed by atoms with van der Waals surface area (Å²) in [5.74, 6) is -1.11. The lowest BCUT2D eigenvalue weighted by molar-refractivity contribution is -0.139. The molecule has 0 bridgehead atoms. The molecule has 0 atom stereocenters. The molecule has 1 aromatic rings. The molecule has 0 saturated heterocycles. The third kappa shape index (κ3) is 4.53. The molecular formula is C13H18N2O3. The number of amides is 1. The van der Waals surface area contributed by atoms with E-state index in [0.29, 0.717) is 6.54 Å². The van der Waals surface area contributed by atoms with Crippen molar-refractivity contribution in [3.8, 4) is 0 Å². The van der Waals surface area contributed by atoms with Crippen molar-refractivity contribution in [2.45, 2.75) is 26.8 Å². The van der Waals surface area contributed by atoms with Gasteiger partial charge in [0.25, 0.3) is 0 Å². The van der Waals surface area contributed by atoms with Crippen molar-refractivity contribution in [2.75, 3.05) is 6.54 Å². The fourth-order valence-corrected chi connectivity index (χ4v) is 1.55. The minimum absolute atomic E-state index is 0.0503. The van der Waals surface area contributed by atoms with E-state index in [9.17, 15) is 9.59 Å². The smallest absolute Gasteiger partial charge is 0.305 e. The largest absolute Gasteiger partial charge is 0.481 e. The van der Waals surface area contributed by atoms with Gasteiger partial charge in [-0.15, -0.1) is 0 Å². The van der Waals surface area contributed by atoms with Crippen LogP contribution in [0.25, 0.3) is 0 Å². The van der Waals surface area contributed by atoms with Crippen LogP contribution in [0.4, 0.5) is 0 Å². The maximum Gasteiger partial charge on any atom is 0.305 e. The zero-order valence-corrected chi connectivity index (χ0v) is 10.7. The molecule has 18 heavy (non-hydrogen) atoms. The van der Waals surface area contributed by atoms with E-state index in [1.807, 2.05) is 12.1 Å². The molecule has 1 N–H and O–H groups in total. The van der Waals surface area contributed by atoms with Gasteiger partial charge in [-0.05, 0) is 12.1 Å². The fourth-order valence-electron chi connectivity index (χ4n) is 1.55. The molecule has 0 aromatic carbocycles. The molecule has 0 aliphatic heterocycles. The summed E-state index contributed by atoms with van der Waals surface area (Å²) < 4.78 is 0. The van der Waals surface area contributed by atoms with Crippen LogP contribution in [0.1, 0.15) is 26.0 Å². The van der Waals surface area contributed by atoms with Crippen LogP contribution in [0.3, 0.4) is 0 Å². The highest BCUT2D eigenvalue weighted by molar-refractivity contribution is 5.78. The predicted octanol–water partition coefficient (Wildman–Crippen LogP) is 1.54. The first kappa shape index (κ1) is 14.2. The molecule has 5 nitrogen and oxygen atoms in total. The van der Waals surface area contributed by atoms with Crippen LogP contribution in [0.2, 0.25) is 0 Å². The van der Waals surface area contributed by atoms with E-state index in [0.717, 1.165) is 5.69 Å². The monoisotopic (exact) mass is 250 g/mol. The van der Waals surface area contributed by atoms with Gasteiger partial charge in [-0.3, -0.25) is 14.6 Å². The highest BCUT2D eigenvalue weighted by Gasteiger charge is 2.18. The summed E-state index contributed by atoms with van der Waals surface area (Å²) in [6.45, 7) is 4.16. The van der Waals surface area contributed by atoms with Gasteiger partial charge >= 0.3 is 5.97 Å². The van der Waals surface area contributed by atoms with Crippen LogP contribution in [-0.2, 0) is 16.1 Å². The maximum absolute atomic E-state index is 12.0. The van der Waals surface area contributed by atoms with E-state index in [-0.39, 0.29) is 24.8 Å². The number of carboxylic acids is 1. The number of hydrogen-bond acceptors (Lipinski definition) is 3. The lowest BCUT2D eigenvalue weighted by Gasteiger charge is -2.23. The molecule has 0 aliphatic carbocycles. The number of aromatic nitrogens is 1. The molecule has 1 heterocycles. The number of hydrogen-bond donors (Lipinski definition) is 1. The van der Waals surface area contributed by atoms with Gasteiger partial charge in [0.05, 0.1) is 18.7 Å². The van der Waals surface area contributed by atoms with Crippen LogP contribution in [0.5, 0.6) is 0 Å². The average Bonchev–Trinajstić information content (AvgIpc) is 2.34. The second-order valence-electron chi connectivity index (χ2n) is 4.38. The standard InChI is InChI=1S/C13H18N2O3/c1-10(2)13(18)15(8-6-12(16)17)9-11-5-3-4-7-14-11/h3-5,7,10H,6,8-9H2,1-2H3,(H,16,17). The molecule has 1 amide bonds. The fraction of sp³-hybridized carbons (Fsp3) is 0.462. The van der Waals surface area contributed by atoms with Crippen LogP contribution < -0.4 is 0 Å². The Kier molecular flexibility index (Phi) is 5.30. The van der Waals surface area contributed by atoms with E-state index in [4.69, 9.17) is 5.11 Å². The van der Waals surface area contributed by atoms with Crippen molar-refractivity contribution in [2.24, 2.45) is 5.92 Å². The van der Waals surface area contributed by atoms with Crippen molar-refractivity contribution in [1.29, 1.82) is 0 Å². The molecule has 0 fully saturated rings. The van der Waals surface area contributed by atoms with Crippen LogP contribution in [0.15, 0.2) is 24.4 Å². The Hall–Kier alpha value is -1.91. The Morgan fingerprint density at radius 1 is 1.39 bits per heavy atom. The van der Waals surface area contributed by atoms with Crippen molar-refractivity contribution in [3.05, 3.63) is 30.1 Å². The van der Waals surface area contributed by atoms with Gasteiger partial charge in [-0.2, -0.15) is 0 Å². The predicted molar refractivity (Wildman–Crippen MR) is 66.7 cm³/mol. The molecule has 5 heteroatoms. The molecule has 1 aromatic heterocycles. The highest BCUT2D eigenvalue weighted by Crippen LogP contribution is 2.07. The second kappa shape index (κ2) is 6.74. The summed E-state index contributed by atoms with van der Waals surface area (Å²) in [6, 6.07) is 5.47. The molecule has 98 valence electrons. The SMILES string of the molecule is CC(C)C(=O)N(CCC(=O)O)Cc1ccccn1. The van der Waals surface area contributed by atoms with E-state index in [2.05, 4.69) is 4.98 Å². The Bertz CT molecular complexity index is 404. The minimum atomic E-state index is -0.905. The second-order valence-corrected chi connectivity index (χ2v) is 4.38. The first-order valence-electron chi connectivity index (χ1n) is 5.91. The minimum Gasteiger partial charge on any atom is -0.481 e. The van der Waals surface area contributed by atoms with E-state index >= 15 is 0 Å². The number of pyridine rings is 1. The molecule has 0 unspecified atom stereocenters. The average molecular weight is 250 g/mol. The highest BCUT2D eigenvalue weighted by atomic mass is 16.4. The van der Waals surface area contributed by atoms with Gasteiger partial charge in [0.2, 0.25) is 5.91 Å². The van der Waals surface area contributed by atoms with Crippen LogP contribution in [-0.4, -0.2) is 33.4 Å². The molecule has 0 radical (unpaired) electrons. The summed E-state index contributed by atoms with van der Waals surface area (Å²) in [4.78, 5) is 28.2. The van der Waals surface area contributed by atoms with E-state index < -0.39 is 5.97 Å². The van der Waals surface area contributed by atoms with Crippen molar-refractivity contribution < 1.29 is 14.7 Å². The zero-order valence-electron chi connectivity index (χ0n) is 10.7. The Morgan fingerprint density at radius 2 is 2.11 bits per heavy atom. The Morgan fingerprint density at radius 3 is 2.61 bits per heavy atom. The number of carbonyl (C=O) groups is 2. The lowest BCUT2D eigenvalue weighted by Crippen LogP contribution is -2.35. The third-order valence-corrected chi connectivity index (χ3v) is 2.48. The zero-order chi connectivity index (χ0) is 13.5. The van der Waals surface area contributed by atoms with E-state index in [1.54, 1.807) is 31.0 Å². The van der Waals surface area contributed by atoms with Gasteiger partial charge in [-0.25, -0.2) is 0 Å². The van der Waals surface area contributed by atoms with Gasteiger partial charge in [0, 0.05) is 18.7 Å². The number of nitrogens with zero attached hydrogens (tertiary/aromatic N) is 2. The Labute approximate surface area is 106 Å². The van der Waals surface area contributed by atoms with Crippen molar-refractivity contribution >= 4 is 11.9 Å². The number of aliphatic carboxylic acids is 1. The van der Waals surface area contributed by atoms with Crippen molar-refractivity contribution in [3.63, 3.8) is 0 Å². The van der Waals surface area contributed by atoms with Gasteiger partial charge in [0.1, 0.15) is 0 Å². The summed E-state index contributed by atoms with van der Waals surface area (Å²) >= 11 is 0. The topological polar surface area (TPSA) is 70.5 Å². The van der Waals surface area contributed by atoms with Crippen molar-refractivity contribution in [1.82, 2.24) is 9.88 Å². The number of rotatable bonds is 6. The Balaban J connectivity index is 2.71. The molecule has 0 aliphatic rings. The van der Waals surface area contributed by atoms with Gasteiger partial charge in [-0.1, -0.05) is 19.9 Å². The molecule has 1 rings (SSSR count). The third-order valence-electron chi connectivity index (χ3n) is 2.48. The summed E-state index contributed by atoms with van der Waals surface area (Å²) in [7, 11) is 0. The number of carboxylic acid groups (broad SMARTS) is 1. The van der Waals surface area contributed by atoms with Gasteiger partial charge in [0.15, 0.2) is 0 Å². The molecule has 0 spiro atoms. The quantitative estimate of drug-likeness (QED) is 0.831. The van der Waals surface area contributed by atoms with Crippen LogP contribution >= 0.6 is 0 Å². The van der Waals surface area contributed by atoms with E-state index in [1.165, 1.54) is 0 Å². The van der Waals surface area contributed by atoms with Crippen LogP contribution in [0, 0.1) is 5.92 Å². The summed E-state index contributed by atoms with van der Waals surface area (Å²) in [5.41, 5.74) is 0.761. The first-order chi connectivity index (χ1) is 8.50. The number of carbonyl (C=O) groups excluding carboxylic acids is 1. The van der Waals surface area contributed by atoms with Gasteiger partial charge < -0.3 is 10.0 Å². The normalized spacial score (nSPS) is 10.4. The first-order valence-corrected chi connectivity index (χ1v) is 5.91.